The van der Waals surface area contributed by atoms with E-state index in [1.165, 1.54) is 28.0 Å². The van der Waals surface area contributed by atoms with Crippen LogP contribution in [0.4, 0.5) is 5.69 Å². The lowest BCUT2D eigenvalue weighted by Gasteiger charge is -2.10. The number of anilines is 1. The van der Waals surface area contributed by atoms with E-state index in [1.54, 1.807) is 0 Å². The van der Waals surface area contributed by atoms with E-state index >= 15 is 0 Å². The summed E-state index contributed by atoms with van der Waals surface area (Å²) in [5, 5.41) is 3.63. The Morgan fingerprint density at radius 2 is 1.81 bits per heavy atom. The highest BCUT2D eigenvalue weighted by atomic mass is 79.9. The second kappa shape index (κ2) is 5.90. The van der Waals surface area contributed by atoms with Crippen molar-refractivity contribution in [2.75, 3.05) is 5.32 Å². The minimum absolute atomic E-state index is 0.327. The Kier molecular flexibility index (Phi) is 3.98. The average Bonchev–Trinajstić information content (AvgIpc) is 2.81. The molecule has 0 saturated heterocycles. The second-order valence-electron chi connectivity index (χ2n) is 5.26. The molecule has 1 atom stereocenters. The maximum atomic E-state index is 3.66. The molecular weight excluding hydrogens is 322 g/mol. The SMILES string of the molecule is C/C=C\C=C1\c2cc(Br)cc(-c3ccccc3)c2NC1C. The van der Waals surface area contributed by atoms with Crippen molar-refractivity contribution in [2.45, 2.75) is 19.9 Å². The molecule has 106 valence electrons. The van der Waals surface area contributed by atoms with Gasteiger partial charge in [-0.15, -0.1) is 0 Å². The molecule has 0 bridgehead atoms. The van der Waals surface area contributed by atoms with Gasteiger partial charge in [0.05, 0.1) is 5.69 Å². The minimum atomic E-state index is 0.327. The average molecular weight is 340 g/mol. The molecule has 1 aliphatic rings. The van der Waals surface area contributed by atoms with Gasteiger partial charge in [0.25, 0.3) is 0 Å². The molecule has 0 amide bonds. The van der Waals surface area contributed by atoms with E-state index in [4.69, 9.17) is 0 Å². The summed E-state index contributed by atoms with van der Waals surface area (Å²) >= 11 is 3.66. The van der Waals surface area contributed by atoms with Crippen LogP contribution in [0.2, 0.25) is 0 Å². The van der Waals surface area contributed by atoms with Crippen molar-refractivity contribution in [3.63, 3.8) is 0 Å². The molecule has 0 spiro atoms. The van der Waals surface area contributed by atoms with E-state index in [9.17, 15) is 0 Å². The van der Waals surface area contributed by atoms with Crippen LogP contribution >= 0.6 is 15.9 Å². The molecule has 2 aromatic rings. The number of fused-ring (bicyclic) bond motifs is 1. The fourth-order valence-electron chi connectivity index (χ4n) is 2.80. The molecule has 21 heavy (non-hydrogen) atoms. The van der Waals surface area contributed by atoms with Gasteiger partial charge in [0.1, 0.15) is 0 Å². The number of benzene rings is 2. The molecule has 1 nitrogen and oxygen atoms in total. The van der Waals surface area contributed by atoms with Crippen LogP contribution in [-0.4, -0.2) is 6.04 Å². The molecular formula is C19H18BrN. The molecule has 3 rings (SSSR count). The maximum absolute atomic E-state index is 3.66. The summed E-state index contributed by atoms with van der Waals surface area (Å²) in [7, 11) is 0. The van der Waals surface area contributed by atoms with Crippen LogP contribution in [0.1, 0.15) is 19.4 Å². The van der Waals surface area contributed by atoms with Crippen molar-refractivity contribution >= 4 is 27.2 Å². The number of rotatable bonds is 2. The molecule has 0 fully saturated rings. The third-order valence-electron chi connectivity index (χ3n) is 3.79. The van der Waals surface area contributed by atoms with Crippen LogP contribution in [0.15, 0.2) is 65.2 Å². The van der Waals surface area contributed by atoms with Crippen molar-refractivity contribution in [3.05, 3.63) is 70.7 Å². The van der Waals surface area contributed by atoms with Crippen LogP contribution in [0.25, 0.3) is 16.7 Å². The van der Waals surface area contributed by atoms with Crippen LogP contribution in [0.3, 0.4) is 0 Å². The molecule has 0 aliphatic carbocycles. The molecule has 0 radical (unpaired) electrons. The van der Waals surface area contributed by atoms with E-state index in [2.05, 4.69) is 88.9 Å². The summed E-state index contributed by atoms with van der Waals surface area (Å²) in [4.78, 5) is 0. The first-order valence-corrected chi connectivity index (χ1v) is 7.98. The zero-order chi connectivity index (χ0) is 14.8. The van der Waals surface area contributed by atoms with Gasteiger partial charge in [-0.1, -0.05) is 64.5 Å². The Morgan fingerprint density at radius 1 is 1.10 bits per heavy atom. The Bertz CT molecular complexity index is 714. The van der Waals surface area contributed by atoms with E-state index in [0.717, 1.165) is 4.47 Å². The third-order valence-corrected chi connectivity index (χ3v) is 4.25. The van der Waals surface area contributed by atoms with Gasteiger partial charge in [0.2, 0.25) is 0 Å². The van der Waals surface area contributed by atoms with E-state index < -0.39 is 0 Å². The minimum Gasteiger partial charge on any atom is -0.377 e. The Hall–Kier alpha value is -1.80. The van der Waals surface area contributed by atoms with Gasteiger partial charge in [-0.3, -0.25) is 0 Å². The van der Waals surface area contributed by atoms with Crippen LogP contribution in [0.5, 0.6) is 0 Å². The van der Waals surface area contributed by atoms with Crippen molar-refractivity contribution in [1.29, 1.82) is 0 Å². The van der Waals surface area contributed by atoms with Gasteiger partial charge in [0, 0.05) is 21.6 Å². The van der Waals surface area contributed by atoms with Crippen molar-refractivity contribution in [2.24, 2.45) is 0 Å². The number of halogens is 1. The lowest BCUT2D eigenvalue weighted by Crippen LogP contribution is -2.08. The van der Waals surface area contributed by atoms with Gasteiger partial charge < -0.3 is 5.32 Å². The predicted octanol–water partition coefficient (Wildman–Crippen LogP) is 5.89. The summed E-state index contributed by atoms with van der Waals surface area (Å²) < 4.78 is 1.11. The quantitative estimate of drug-likeness (QED) is 0.719. The first-order valence-electron chi connectivity index (χ1n) is 7.19. The third kappa shape index (κ3) is 2.68. The lowest BCUT2D eigenvalue weighted by molar-refractivity contribution is 1.06. The van der Waals surface area contributed by atoms with Gasteiger partial charge >= 0.3 is 0 Å². The molecule has 1 unspecified atom stereocenters. The summed E-state index contributed by atoms with van der Waals surface area (Å²) in [5.74, 6) is 0. The van der Waals surface area contributed by atoms with Crippen molar-refractivity contribution < 1.29 is 0 Å². The molecule has 1 N–H and O–H groups in total. The monoisotopic (exact) mass is 339 g/mol. The predicted molar refractivity (Wildman–Crippen MR) is 95.5 cm³/mol. The number of allylic oxidation sites excluding steroid dienone is 3. The molecule has 0 saturated carbocycles. The smallest absolute Gasteiger partial charge is 0.0502 e. The molecule has 1 heterocycles. The standard InChI is InChI=1S/C19H18BrN/c1-3-4-10-16-13(2)21-19-17(11-15(20)12-18(16)19)14-8-6-5-7-9-14/h3-13,21H,1-2H3/b4-3-,16-10+. The summed E-state index contributed by atoms with van der Waals surface area (Å²) in [6.45, 7) is 4.25. The van der Waals surface area contributed by atoms with E-state index in [-0.39, 0.29) is 0 Å². The largest absolute Gasteiger partial charge is 0.377 e. The number of nitrogens with one attached hydrogen (secondary N) is 1. The first kappa shape index (κ1) is 14.2. The highest BCUT2D eigenvalue weighted by Gasteiger charge is 2.25. The fourth-order valence-corrected chi connectivity index (χ4v) is 3.25. The van der Waals surface area contributed by atoms with Crippen molar-refractivity contribution in [3.8, 4) is 11.1 Å². The fraction of sp³-hybridized carbons (Fsp3) is 0.158. The highest BCUT2D eigenvalue weighted by molar-refractivity contribution is 9.10. The number of hydrogen-bond donors (Lipinski definition) is 1. The summed E-state index contributed by atoms with van der Waals surface area (Å²) in [6.07, 6.45) is 6.37. The molecule has 0 aromatic heterocycles. The van der Waals surface area contributed by atoms with E-state index in [0.29, 0.717) is 6.04 Å². The maximum Gasteiger partial charge on any atom is 0.0502 e. The zero-order valence-electron chi connectivity index (χ0n) is 12.2. The zero-order valence-corrected chi connectivity index (χ0v) is 13.8. The van der Waals surface area contributed by atoms with Crippen LogP contribution in [-0.2, 0) is 0 Å². The summed E-state index contributed by atoms with van der Waals surface area (Å²) in [5.41, 5.74) is 6.33. The van der Waals surface area contributed by atoms with Crippen LogP contribution in [0, 0.1) is 0 Å². The van der Waals surface area contributed by atoms with Gasteiger partial charge in [0.15, 0.2) is 0 Å². The van der Waals surface area contributed by atoms with Gasteiger partial charge in [-0.25, -0.2) is 0 Å². The van der Waals surface area contributed by atoms with Crippen molar-refractivity contribution in [1.82, 2.24) is 0 Å². The van der Waals surface area contributed by atoms with Gasteiger partial charge in [-0.05, 0) is 37.1 Å². The second-order valence-corrected chi connectivity index (χ2v) is 6.17. The normalized spacial score (nSPS) is 19.0. The highest BCUT2D eigenvalue weighted by Crippen LogP contribution is 2.43. The van der Waals surface area contributed by atoms with Gasteiger partial charge in [-0.2, -0.15) is 0 Å². The summed E-state index contributed by atoms with van der Waals surface area (Å²) in [6, 6.07) is 15.2. The number of hydrogen-bond acceptors (Lipinski definition) is 1. The van der Waals surface area contributed by atoms with E-state index in [1.807, 2.05) is 6.92 Å². The Morgan fingerprint density at radius 3 is 2.52 bits per heavy atom. The van der Waals surface area contributed by atoms with Crippen LogP contribution < -0.4 is 5.32 Å². The molecule has 2 aromatic carbocycles. The first-order chi connectivity index (χ1) is 10.2. The molecule has 2 heteroatoms. The molecule has 1 aliphatic heterocycles. The Balaban J connectivity index is 2.20. The topological polar surface area (TPSA) is 12.0 Å². The lowest BCUT2D eigenvalue weighted by atomic mass is 9.97. The Labute approximate surface area is 134 Å².